The van der Waals surface area contributed by atoms with Crippen LogP contribution < -0.4 is 20.1 Å². The molecule has 0 saturated heterocycles. The molecule has 1 fully saturated rings. The fourth-order valence-electron chi connectivity index (χ4n) is 4.14. The first-order chi connectivity index (χ1) is 19.5. The van der Waals surface area contributed by atoms with Crippen molar-refractivity contribution in [2.45, 2.75) is 44.8 Å². The third-order valence-corrected chi connectivity index (χ3v) is 7.76. The molecular formula is C29H32F3N3O5S. The second kappa shape index (κ2) is 14.7. The number of nitrogens with zero attached hydrogens (tertiary/aromatic N) is 1. The highest BCUT2D eigenvalue weighted by Crippen LogP contribution is 2.31. The predicted molar refractivity (Wildman–Crippen MR) is 151 cm³/mol. The SMILES string of the molecule is CC(CSNC1CCC(Oc2cc(F)c(N(C)C(=O)/C=C\C(=C\N)C(=O)c3ccc(F)cc3)c(F)c2)CC1)C(=O)O. The number of hydrogen-bond acceptors (Lipinski definition) is 7. The molecule has 0 aromatic heterocycles. The zero-order valence-electron chi connectivity index (χ0n) is 22.6. The smallest absolute Gasteiger partial charge is 0.307 e. The number of nitrogens with one attached hydrogen (secondary N) is 1. The number of halogens is 3. The highest BCUT2D eigenvalue weighted by Gasteiger charge is 2.25. The summed E-state index contributed by atoms with van der Waals surface area (Å²) < 4.78 is 52.1. The first kappa shape index (κ1) is 31.8. The van der Waals surface area contributed by atoms with E-state index < -0.39 is 46.7 Å². The van der Waals surface area contributed by atoms with Crippen LogP contribution in [-0.4, -0.2) is 47.7 Å². The molecule has 4 N–H and O–H groups in total. The number of allylic oxidation sites excluding steroid dienone is 2. The number of carbonyl (C=O) groups excluding carboxylic acids is 2. The van der Waals surface area contributed by atoms with Crippen LogP contribution in [0, 0.1) is 23.4 Å². The number of anilines is 1. The summed E-state index contributed by atoms with van der Waals surface area (Å²) in [6.45, 7) is 1.64. The Morgan fingerprint density at radius 3 is 2.27 bits per heavy atom. The van der Waals surface area contributed by atoms with E-state index in [4.69, 9.17) is 15.6 Å². The Balaban J connectivity index is 1.57. The number of aliphatic carboxylic acids is 1. The first-order valence-corrected chi connectivity index (χ1v) is 13.9. The molecule has 41 heavy (non-hydrogen) atoms. The highest BCUT2D eigenvalue weighted by atomic mass is 32.2. The summed E-state index contributed by atoms with van der Waals surface area (Å²) >= 11 is 1.37. The van der Waals surface area contributed by atoms with Gasteiger partial charge in [-0.15, -0.1) is 0 Å². The summed E-state index contributed by atoms with van der Waals surface area (Å²) in [5.41, 5.74) is 5.01. The Bertz CT molecular complexity index is 1290. The lowest BCUT2D eigenvalue weighted by atomic mass is 9.93. The van der Waals surface area contributed by atoms with Gasteiger partial charge in [0, 0.05) is 54.4 Å². The first-order valence-electron chi connectivity index (χ1n) is 12.9. The van der Waals surface area contributed by atoms with E-state index in [-0.39, 0.29) is 29.0 Å². The number of amides is 1. The molecule has 0 heterocycles. The van der Waals surface area contributed by atoms with Gasteiger partial charge < -0.3 is 20.5 Å². The van der Waals surface area contributed by atoms with Gasteiger partial charge in [-0.05, 0) is 56.0 Å². The number of nitrogens with two attached hydrogens (primary N) is 1. The topological polar surface area (TPSA) is 122 Å². The normalized spacial score (nSPS) is 18.2. The van der Waals surface area contributed by atoms with Gasteiger partial charge in [0.1, 0.15) is 17.3 Å². The molecule has 0 spiro atoms. The van der Waals surface area contributed by atoms with E-state index in [0.717, 1.165) is 60.4 Å². The van der Waals surface area contributed by atoms with E-state index in [1.165, 1.54) is 31.1 Å². The van der Waals surface area contributed by atoms with E-state index in [2.05, 4.69) is 4.72 Å². The molecule has 3 rings (SSSR count). The van der Waals surface area contributed by atoms with E-state index >= 15 is 0 Å². The van der Waals surface area contributed by atoms with Crippen molar-refractivity contribution in [3.63, 3.8) is 0 Å². The second-order valence-electron chi connectivity index (χ2n) is 9.68. The number of hydrogen-bond donors (Lipinski definition) is 3. The molecule has 1 saturated carbocycles. The number of carboxylic acids is 1. The van der Waals surface area contributed by atoms with Crippen molar-refractivity contribution >= 4 is 35.3 Å². The number of benzene rings is 2. The summed E-state index contributed by atoms with van der Waals surface area (Å²) in [6, 6.07) is 6.97. The number of carboxylic acid groups (broad SMARTS) is 1. The van der Waals surface area contributed by atoms with Gasteiger partial charge >= 0.3 is 5.97 Å². The number of ether oxygens (including phenoxy) is 1. The van der Waals surface area contributed by atoms with E-state index in [0.29, 0.717) is 18.6 Å². The van der Waals surface area contributed by atoms with Gasteiger partial charge in [0.2, 0.25) is 0 Å². The van der Waals surface area contributed by atoms with Crippen LogP contribution in [0.4, 0.5) is 18.9 Å². The zero-order chi connectivity index (χ0) is 30.1. The molecule has 2 aromatic rings. The molecule has 0 bridgehead atoms. The lowest BCUT2D eigenvalue weighted by Gasteiger charge is -2.29. The lowest BCUT2D eigenvalue weighted by molar-refractivity contribution is -0.140. The van der Waals surface area contributed by atoms with Gasteiger partial charge in [-0.1, -0.05) is 18.9 Å². The predicted octanol–water partition coefficient (Wildman–Crippen LogP) is 5.00. The van der Waals surface area contributed by atoms with Crippen LogP contribution >= 0.6 is 11.9 Å². The van der Waals surface area contributed by atoms with E-state index in [1.54, 1.807) is 6.92 Å². The number of carbonyl (C=O) groups is 3. The fraction of sp³-hybridized carbons (Fsp3) is 0.345. The zero-order valence-corrected chi connectivity index (χ0v) is 23.4. The molecule has 0 radical (unpaired) electrons. The summed E-state index contributed by atoms with van der Waals surface area (Å²) in [4.78, 5) is 36.9. The third-order valence-electron chi connectivity index (χ3n) is 6.59. The Morgan fingerprint density at radius 2 is 1.71 bits per heavy atom. The fourth-order valence-corrected chi connectivity index (χ4v) is 5.10. The third kappa shape index (κ3) is 8.86. The molecule has 12 heteroatoms. The van der Waals surface area contributed by atoms with Crippen molar-refractivity contribution in [3.8, 4) is 5.75 Å². The molecule has 2 aromatic carbocycles. The van der Waals surface area contributed by atoms with Crippen LogP contribution in [0.2, 0.25) is 0 Å². The molecule has 220 valence electrons. The molecule has 1 amide bonds. The quantitative estimate of drug-likeness (QED) is 0.137. The number of rotatable bonds is 12. The van der Waals surface area contributed by atoms with E-state index in [1.807, 2.05) is 0 Å². The Morgan fingerprint density at radius 1 is 1.10 bits per heavy atom. The van der Waals surface area contributed by atoms with Crippen molar-refractivity contribution in [3.05, 3.63) is 83.3 Å². The van der Waals surface area contributed by atoms with Gasteiger partial charge in [0.25, 0.3) is 5.91 Å². The summed E-state index contributed by atoms with van der Waals surface area (Å²) in [7, 11) is 1.19. The minimum Gasteiger partial charge on any atom is -0.490 e. The van der Waals surface area contributed by atoms with Gasteiger partial charge in [0.05, 0.1) is 12.0 Å². The molecular weight excluding hydrogens is 559 g/mol. The maximum atomic E-state index is 14.9. The lowest BCUT2D eigenvalue weighted by Crippen LogP contribution is -2.33. The highest BCUT2D eigenvalue weighted by molar-refractivity contribution is 7.97. The summed E-state index contributed by atoms with van der Waals surface area (Å²) in [5.74, 6) is -4.75. The van der Waals surface area contributed by atoms with Crippen molar-refractivity contribution < 1.29 is 37.4 Å². The minimum atomic E-state index is -1.000. The number of ketones is 1. The van der Waals surface area contributed by atoms with Crippen LogP contribution in [0.1, 0.15) is 43.0 Å². The average Bonchev–Trinajstić information content (AvgIpc) is 2.93. The monoisotopic (exact) mass is 591 g/mol. The van der Waals surface area contributed by atoms with Crippen molar-refractivity contribution in [1.29, 1.82) is 0 Å². The molecule has 1 unspecified atom stereocenters. The maximum absolute atomic E-state index is 14.9. The summed E-state index contributed by atoms with van der Waals surface area (Å²) in [6.07, 6.45) is 5.62. The standard InChI is InChI=1S/C29H32F3N3O5S/c1-17(29(38)39)16-41-34-21-8-10-22(11-9-21)40-23-13-24(31)27(25(32)14-23)35(2)26(36)12-5-19(15-33)28(37)18-3-6-20(30)7-4-18/h3-7,12-15,17,21-22,34H,8-11,16,33H2,1-2H3,(H,38,39)/b12-5-,19-15-. The largest absolute Gasteiger partial charge is 0.490 e. The Hall–Kier alpha value is -3.77. The van der Waals surface area contributed by atoms with Crippen LogP contribution in [0.25, 0.3) is 0 Å². The van der Waals surface area contributed by atoms with Gasteiger partial charge in [-0.3, -0.25) is 19.1 Å². The van der Waals surface area contributed by atoms with Crippen molar-refractivity contribution in [1.82, 2.24) is 4.72 Å². The molecule has 1 atom stereocenters. The van der Waals surface area contributed by atoms with E-state index in [9.17, 15) is 27.6 Å². The molecule has 0 aliphatic heterocycles. The Labute approximate surface area is 240 Å². The van der Waals surface area contributed by atoms with Crippen LogP contribution in [-0.2, 0) is 9.59 Å². The molecule has 8 nitrogen and oxygen atoms in total. The van der Waals surface area contributed by atoms with Gasteiger partial charge in [-0.2, -0.15) is 0 Å². The second-order valence-corrected chi connectivity index (χ2v) is 10.5. The molecule has 1 aliphatic rings. The Kier molecular flexibility index (Phi) is 11.4. The minimum absolute atomic E-state index is 0.000505. The number of Topliss-reactive ketones (excluding diaryl/α,β-unsaturated/α-hetero) is 1. The maximum Gasteiger partial charge on any atom is 0.307 e. The van der Waals surface area contributed by atoms with Crippen LogP contribution in [0.5, 0.6) is 5.75 Å². The average molecular weight is 592 g/mol. The number of likely N-dealkylation sites (N-methyl/N-ethyl adjacent to an activating group) is 1. The van der Waals surface area contributed by atoms with Crippen molar-refractivity contribution in [2.24, 2.45) is 11.7 Å². The summed E-state index contributed by atoms with van der Waals surface area (Å²) in [5, 5.41) is 8.96. The van der Waals surface area contributed by atoms with Crippen molar-refractivity contribution in [2.75, 3.05) is 17.7 Å². The van der Waals surface area contributed by atoms with Crippen LogP contribution in [0.3, 0.4) is 0 Å². The van der Waals surface area contributed by atoms with Gasteiger partial charge in [0.15, 0.2) is 17.4 Å². The molecule has 1 aliphatic carbocycles. The van der Waals surface area contributed by atoms with Gasteiger partial charge in [-0.25, -0.2) is 13.2 Å². The van der Waals surface area contributed by atoms with Crippen LogP contribution in [0.15, 0.2) is 60.3 Å².